The number of rotatable bonds is 10. The van der Waals surface area contributed by atoms with Gasteiger partial charge in [0.2, 0.25) is 0 Å². The van der Waals surface area contributed by atoms with E-state index in [1.807, 2.05) is 31.2 Å². The van der Waals surface area contributed by atoms with Crippen molar-refractivity contribution >= 4 is 22.8 Å². The van der Waals surface area contributed by atoms with Gasteiger partial charge in [-0.2, -0.15) is 0 Å². The zero-order valence-corrected chi connectivity index (χ0v) is 18.0. The molecule has 1 heterocycles. The van der Waals surface area contributed by atoms with Crippen LogP contribution >= 0.6 is 0 Å². The predicted octanol–water partition coefficient (Wildman–Crippen LogP) is 3.24. The molecule has 0 saturated carbocycles. The van der Waals surface area contributed by atoms with E-state index in [2.05, 4.69) is 5.32 Å². The van der Waals surface area contributed by atoms with Crippen molar-refractivity contribution in [1.29, 1.82) is 0 Å². The molecule has 1 amide bonds. The molecule has 3 aromatic rings. The number of methoxy groups -OCH3 is 1. The molecule has 0 aliphatic heterocycles. The number of amides is 1. The van der Waals surface area contributed by atoms with Crippen LogP contribution in [-0.4, -0.2) is 38.7 Å². The fraction of sp³-hybridized carbons (Fsp3) is 0.292. The average Bonchev–Trinajstić information content (AvgIpc) is 2.77. The van der Waals surface area contributed by atoms with Crippen LogP contribution in [0, 0.1) is 6.92 Å². The van der Waals surface area contributed by atoms with Crippen molar-refractivity contribution in [1.82, 2.24) is 5.32 Å². The van der Waals surface area contributed by atoms with Gasteiger partial charge < -0.3 is 23.9 Å². The van der Waals surface area contributed by atoms with Crippen LogP contribution in [0.1, 0.15) is 28.8 Å². The fourth-order valence-corrected chi connectivity index (χ4v) is 2.97. The Balaban J connectivity index is 1.56. The Morgan fingerprint density at radius 3 is 2.66 bits per heavy atom. The second-order valence-electron chi connectivity index (χ2n) is 7.09. The molecular weight excluding hydrogens is 414 g/mol. The third-order valence-corrected chi connectivity index (χ3v) is 4.65. The maximum atomic E-state index is 12.2. The van der Waals surface area contributed by atoms with Crippen LogP contribution < -0.4 is 20.4 Å². The lowest BCUT2D eigenvalue weighted by molar-refractivity contribution is -0.134. The Morgan fingerprint density at radius 2 is 1.88 bits per heavy atom. The maximum absolute atomic E-state index is 12.2. The largest absolute Gasteiger partial charge is 0.493 e. The zero-order valence-electron chi connectivity index (χ0n) is 18.0. The van der Waals surface area contributed by atoms with Gasteiger partial charge in [-0.25, -0.2) is 4.79 Å². The molecule has 8 nitrogen and oxygen atoms in total. The molecule has 8 heteroatoms. The molecule has 168 valence electrons. The standard InChI is InChI=1S/C24H25NO7/c1-16-6-3-4-7-20(16)30-12-5-8-22(26)31-18-10-9-17-14-19(23(27)25-11-13-29-2)24(28)32-21(17)15-18/h3-4,6-7,9-10,14-15H,5,8,11-13H2,1-2H3,(H,25,27). The first-order valence-corrected chi connectivity index (χ1v) is 10.2. The minimum Gasteiger partial charge on any atom is -0.493 e. The molecule has 0 saturated heterocycles. The van der Waals surface area contributed by atoms with Crippen molar-refractivity contribution in [3.05, 3.63) is 70.1 Å². The summed E-state index contributed by atoms with van der Waals surface area (Å²) < 4.78 is 21.1. The minimum atomic E-state index is -0.774. The first-order valence-electron chi connectivity index (χ1n) is 10.2. The molecule has 0 bridgehead atoms. The number of para-hydroxylation sites is 1. The fourth-order valence-electron chi connectivity index (χ4n) is 2.97. The molecule has 0 fully saturated rings. The molecule has 0 radical (unpaired) electrons. The highest BCUT2D eigenvalue weighted by Gasteiger charge is 2.14. The number of nitrogens with one attached hydrogen (secondary N) is 1. The van der Waals surface area contributed by atoms with Crippen LogP contribution in [0.5, 0.6) is 11.5 Å². The highest BCUT2D eigenvalue weighted by atomic mass is 16.5. The molecule has 1 N–H and O–H groups in total. The van der Waals surface area contributed by atoms with E-state index >= 15 is 0 Å². The molecule has 0 atom stereocenters. The molecule has 1 aromatic heterocycles. The molecular formula is C24H25NO7. The van der Waals surface area contributed by atoms with Gasteiger partial charge in [-0.15, -0.1) is 0 Å². The van der Waals surface area contributed by atoms with Crippen LogP contribution in [0.3, 0.4) is 0 Å². The SMILES string of the molecule is COCCNC(=O)c1cc2ccc(OC(=O)CCCOc3ccccc3C)cc2oc1=O. The lowest BCUT2D eigenvalue weighted by Gasteiger charge is -2.09. The number of hydrogen-bond donors (Lipinski definition) is 1. The highest BCUT2D eigenvalue weighted by molar-refractivity contribution is 5.96. The van der Waals surface area contributed by atoms with Crippen LogP contribution in [0.2, 0.25) is 0 Å². The van der Waals surface area contributed by atoms with Gasteiger partial charge >= 0.3 is 11.6 Å². The van der Waals surface area contributed by atoms with Gasteiger partial charge in [0.1, 0.15) is 22.6 Å². The van der Waals surface area contributed by atoms with E-state index in [9.17, 15) is 14.4 Å². The van der Waals surface area contributed by atoms with Gasteiger partial charge in [0.05, 0.1) is 13.2 Å². The Hall–Kier alpha value is -3.65. The highest BCUT2D eigenvalue weighted by Crippen LogP contribution is 2.21. The van der Waals surface area contributed by atoms with E-state index in [4.69, 9.17) is 18.6 Å². The Morgan fingerprint density at radius 1 is 1.06 bits per heavy atom. The van der Waals surface area contributed by atoms with Crippen molar-refractivity contribution in [2.24, 2.45) is 0 Å². The second-order valence-corrected chi connectivity index (χ2v) is 7.09. The topological polar surface area (TPSA) is 104 Å². The monoisotopic (exact) mass is 439 g/mol. The van der Waals surface area contributed by atoms with Gasteiger partial charge in [-0.1, -0.05) is 18.2 Å². The van der Waals surface area contributed by atoms with Crippen molar-refractivity contribution in [3.63, 3.8) is 0 Å². The van der Waals surface area contributed by atoms with E-state index in [1.165, 1.54) is 19.2 Å². The summed E-state index contributed by atoms with van der Waals surface area (Å²) in [5.41, 5.74) is 0.372. The van der Waals surface area contributed by atoms with Crippen molar-refractivity contribution < 1.29 is 28.2 Å². The summed E-state index contributed by atoms with van der Waals surface area (Å²) in [6.45, 7) is 2.95. The second kappa shape index (κ2) is 11.1. The maximum Gasteiger partial charge on any atom is 0.349 e. The van der Waals surface area contributed by atoms with Gasteiger partial charge in [-0.05, 0) is 43.2 Å². The number of benzene rings is 2. The summed E-state index contributed by atoms with van der Waals surface area (Å²) >= 11 is 0. The van der Waals surface area contributed by atoms with Gasteiger partial charge in [0.15, 0.2) is 0 Å². The number of esters is 1. The number of carbonyl (C=O) groups is 2. The third kappa shape index (κ3) is 6.18. The number of ether oxygens (including phenoxy) is 3. The summed E-state index contributed by atoms with van der Waals surface area (Å²) in [4.78, 5) is 36.4. The normalized spacial score (nSPS) is 10.7. The van der Waals surface area contributed by atoms with Crippen LogP contribution in [0.25, 0.3) is 11.0 Å². The van der Waals surface area contributed by atoms with Gasteiger partial charge in [0.25, 0.3) is 5.91 Å². The first-order chi connectivity index (χ1) is 15.5. The molecule has 0 spiro atoms. The van der Waals surface area contributed by atoms with Crippen LogP contribution in [-0.2, 0) is 9.53 Å². The summed E-state index contributed by atoms with van der Waals surface area (Å²) in [5.74, 6) is 0.0790. The minimum absolute atomic E-state index is 0.105. The van der Waals surface area contributed by atoms with E-state index < -0.39 is 17.5 Å². The Kier molecular flexibility index (Phi) is 7.99. The third-order valence-electron chi connectivity index (χ3n) is 4.65. The quantitative estimate of drug-likeness (QED) is 0.224. The number of hydrogen-bond acceptors (Lipinski definition) is 7. The molecule has 2 aromatic carbocycles. The summed E-state index contributed by atoms with van der Waals surface area (Å²) in [5, 5.41) is 3.11. The Bertz CT molecular complexity index is 1150. The van der Waals surface area contributed by atoms with Crippen LogP contribution in [0.4, 0.5) is 0 Å². The first kappa shape index (κ1) is 23.0. The number of fused-ring (bicyclic) bond motifs is 1. The lowest BCUT2D eigenvalue weighted by Crippen LogP contribution is -2.30. The van der Waals surface area contributed by atoms with E-state index in [1.54, 1.807) is 12.1 Å². The molecule has 0 aliphatic rings. The van der Waals surface area contributed by atoms with E-state index in [0.29, 0.717) is 25.0 Å². The molecule has 32 heavy (non-hydrogen) atoms. The van der Waals surface area contributed by atoms with Crippen LogP contribution in [0.15, 0.2) is 57.7 Å². The Labute approximate surface area is 185 Å². The van der Waals surface area contributed by atoms with Crippen molar-refractivity contribution in [2.75, 3.05) is 26.9 Å². The molecule has 0 unspecified atom stereocenters. The molecule has 3 rings (SSSR count). The molecule has 0 aliphatic carbocycles. The average molecular weight is 439 g/mol. The van der Waals surface area contributed by atoms with E-state index in [0.717, 1.165) is 11.3 Å². The van der Waals surface area contributed by atoms with E-state index in [-0.39, 0.29) is 29.9 Å². The number of carbonyl (C=O) groups excluding carboxylic acids is 2. The van der Waals surface area contributed by atoms with Gasteiger partial charge in [0, 0.05) is 31.5 Å². The summed E-state index contributed by atoms with van der Waals surface area (Å²) in [6.07, 6.45) is 0.672. The zero-order chi connectivity index (χ0) is 22.9. The van der Waals surface area contributed by atoms with Gasteiger partial charge in [-0.3, -0.25) is 9.59 Å². The van der Waals surface area contributed by atoms with Crippen molar-refractivity contribution in [3.8, 4) is 11.5 Å². The smallest absolute Gasteiger partial charge is 0.349 e. The predicted molar refractivity (Wildman–Crippen MR) is 118 cm³/mol. The lowest BCUT2D eigenvalue weighted by atomic mass is 10.1. The van der Waals surface area contributed by atoms with Crippen molar-refractivity contribution in [2.45, 2.75) is 19.8 Å². The number of aryl methyl sites for hydroxylation is 1. The summed E-state index contributed by atoms with van der Waals surface area (Å²) in [7, 11) is 1.51. The summed E-state index contributed by atoms with van der Waals surface area (Å²) in [6, 6.07) is 13.8.